The number of nitrogens with zero attached hydrogens (tertiary/aromatic N) is 3. The van der Waals surface area contributed by atoms with Crippen LogP contribution in [0.25, 0.3) is 0 Å². The number of rotatable bonds is 3. The fourth-order valence-electron chi connectivity index (χ4n) is 2.54. The lowest BCUT2D eigenvalue weighted by atomic mass is 10.1. The third kappa shape index (κ3) is 2.86. The highest BCUT2D eigenvalue weighted by Gasteiger charge is 2.35. The Bertz CT molecular complexity index is 825. The van der Waals surface area contributed by atoms with Crippen LogP contribution in [-0.2, 0) is 14.6 Å². The van der Waals surface area contributed by atoms with Crippen molar-refractivity contribution in [1.29, 1.82) is 0 Å². The number of carbonyl (C=O) groups excluding carboxylic acids is 1. The van der Waals surface area contributed by atoms with Gasteiger partial charge in [0.25, 0.3) is 5.91 Å². The fraction of sp³-hybridized carbons (Fsp3) is 0.462. The topological polar surface area (TPSA) is 118 Å². The van der Waals surface area contributed by atoms with E-state index in [1.807, 2.05) is 0 Å². The molecule has 1 atom stereocenters. The molecule has 124 valence electrons. The van der Waals surface area contributed by atoms with E-state index in [9.17, 15) is 13.2 Å². The van der Waals surface area contributed by atoms with Gasteiger partial charge in [-0.05, 0) is 6.92 Å². The maximum atomic E-state index is 12.7. The second kappa shape index (κ2) is 5.78. The van der Waals surface area contributed by atoms with Gasteiger partial charge in [0.2, 0.25) is 5.76 Å². The van der Waals surface area contributed by atoms with Crippen LogP contribution in [-0.4, -0.2) is 60.4 Å². The molecule has 2 aromatic rings. The molecule has 1 saturated heterocycles. The molecule has 0 unspecified atom stereocenters. The summed E-state index contributed by atoms with van der Waals surface area (Å²) in [6.07, 6.45) is 3.54. The monoisotopic (exact) mass is 340 g/mol. The molecule has 2 aromatic heterocycles. The summed E-state index contributed by atoms with van der Waals surface area (Å²) in [6, 6.07) is -0.590. The van der Waals surface area contributed by atoms with Gasteiger partial charge in [-0.15, -0.1) is 0 Å². The Morgan fingerprint density at radius 3 is 2.91 bits per heavy atom. The van der Waals surface area contributed by atoms with Gasteiger partial charge in [-0.2, -0.15) is 5.10 Å². The smallest absolute Gasteiger partial charge is 0.292 e. The number of aromatic amines is 1. The van der Waals surface area contributed by atoms with Crippen LogP contribution in [0.3, 0.4) is 0 Å². The van der Waals surface area contributed by atoms with E-state index in [-0.39, 0.29) is 23.2 Å². The van der Waals surface area contributed by atoms with Crippen molar-refractivity contribution >= 4 is 15.7 Å². The molecule has 1 N–H and O–H groups in total. The highest BCUT2D eigenvalue weighted by atomic mass is 32.2. The Labute approximate surface area is 132 Å². The van der Waals surface area contributed by atoms with Crippen LogP contribution in [0.15, 0.2) is 21.9 Å². The van der Waals surface area contributed by atoms with Gasteiger partial charge in [0, 0.05) is 12.8 Å². The van der Waals surface area contributed by atoms with E-state index in [2.05, 4.69) is 15.2 Å². The highest BCUT2D eigenvalue weighted by molar-refractivity contribution is 7.90. The van der Waals surface area contributed by atoms with Gasteiger partial charge in [-0.1, -0.05) is 0 Å². The second-order valence-electron chi connectivity index (χ2n) is 5.28. The molecule has 1 amide bonds. The molecule has 23 heavy (non-hydrogen) atoms. The van der Waals surface area contributed by atoms with Gasteiger partial charge in [0.15, 0.2) is 16.2 Å². The Balaban J connectivity index is 1.99. The van der Waals surface area contributed by atoms with E-state index in [1.165, 1.54) is 17.5 Å². The minimum Gasteiger partial charge on any atom is -0.438 e. The molecule has 0 aromatic carbocycles. The van der Waals surface area contributed by atoms with Crippen LogP contribution in [0.2, 0.25) is 0 Å². The Morgan fingerprint density at radius 1 is 1.48 bits per heavy atom. The fourth-order valence-corrected chi connectivity index (χ4v) is 3.37. The molecule has 3 heterocycles. The van der Waals surface area contributed by atoms with Gasteiger partial charge in [0.1, 0.15) is 4.90 Å². The molecule has 9 nitrogen and oxygen atoms in total. The summed E-state index contributed by atoms with van der Waals surface area (Å²) in [5.74, 6) is -0.223. The number of carbonyl (C=O) groups is 1. The predicted octanol–water partition coefficient (Wildman–Crippen LogP) is 0.323. The molecule has 0 spiro atoms. The number of morpholine rings is 1. The minimum absolute atomic E-state index is 0.0556. The maximum Gasteiger partial charge on any atom is 0.292 e. The average molecular weight is 340 g/mol. The molecule has 10 heteroatoms. The SMILES string of the molecule is Cc1ncoc1C(=O)N1CCOC[C@H]1c1[nH]ncc1S(C)(=O)=O. The summed E-state index contributed by atoms with van der Waals surface area (Å²) in [6.45, 7) is 2.51. The van der Waals surface area contributed by atoms with E-state index >= 15 is 0 Å². The summed E-state index contributed by atoms with van der Waals surface area (Å²) in [5.41, 5.74) is 0.811. The first-order valence-corrected chi connectivity index (χ1v) is 8.81. The molecule has 0 radical (unpaired) electrons. The molecule has 1 aliphatic heterocycles. The number of oxazole rings is 1. The number of aryl methyl sites for hydroxylation is 1. The number of H-pyrrole nitrogens is 1. The van der Waals surface area contributed by atoms with E-state index in [0.29, 0.717) is 24.5 Å². The molecule has 0 saturated carbocycles. The normalized spacial score (nSPS) is 19.0. The van der Waals surface area contributed by atoms with Crippen molar-refractivity contribution in [3.63, 3.8) is 0 Å². The van der Waals surface area contributed by atoms with Crippen molar-refractivity contribution in [1.82, 2.24) is 20.1 Å². The van der Waals surface area contributed by atoms with Crippen molar-refractivity contribution in [2.45, 2.75) is 17.9 Å². The summed E-state index contributed by atoms with van der Waals surface area (Å²) >= 11 is 0. The second-order valence-corrected chi connectivity index (χ2v) is 7.26. The van der Waals surface area contributed by atoms with E-state index < -0.39 is 15.9 Å². The molecule has 3 rings (SSSR count). The van der Waals surface area contributed by atoms with Crippen LogP contribution in [0.5, 0.6) is 0 Å². The molecule has 0 aliphatic carbocycles. The number of nitrogens with one attached hydrogen (secondary N) is 1. The van der Waals surface area contributed by atoms with Crippen LogP contribution >= 0.6 is 0 Å². The quantitative estimate of drug-likeness (QED) is 0.855. The molecule has 1 aliphatic rings. The van der Waals surface area contributed by atoms with Gasteiger partial charge in [0.05, 0.1) is 36.8 Å². The molecule has 1 fully saturated rings. The largest absolute Gasteiger partial charge is 0.438 e. The number of ether oxygens (including phenoxy) is 1. The Kier molecular flexibility index (Phi) is 3.94. The first-order chi connectivity index (χ1) is 10.9. The highest BCUT2D eigenvalue weighted by Crippen LogP contribution is 2.29. The minimum atomic E-state index is -3.47. The lowest BCUT2D eigenvalue weighted by molar-refractivity contribution is -0.00626. The van der Waals surface area contributed by atoms with Crippen LogP contribution in [0.1, 0.15) is 28.0 Å². The predicted molar refractivity (Wildman–Crippen MR) is 77.5 cm³/mol. The van der Waals surface area contributed by atoms with Crippen molar-refractivity contribution in [3.05, 3.63) is 29.7 Å². The van der Waals surface area contributed by atoms with Gasteiger partial charge >= 0.3 is 0 Å². The van der Waals surface area contributed by atoms with Crippen molar-refractivity contribution in [2.75, 3.05) is 26.0 Å². The lowest BCUT2D eigenvalue weighted by Crippen LogP contribution is -2.44. The molecule has 0 bridgehead atoms. The standard InChI is InChI=1S/C13H16N4O5S/c1-8-12(22-7-14-8)13(18)17-3-4-21-6-9(17)11-10(5-15-16-11)23(2,19)20/h5,7,9H,3-4,6H2,1-2H3,(H,15,16)/t9-/m0/s1. The summed E-state index contributed by atoms with van der Waals surface area (Å²) in [5, 5.41) is 6.48. The van der Waals surface area contributed by atoms with Crippen LogP contribution in [0, 0.1) is 6.92 Å². The third-order valence-corrected chi connectivity index (χ3v) is 4.82. The number of hydrogen-bond acceptors (Lipinski definition) is 7. The van der Waals surface area contributed by atoms with E-state index in [4.69, 9.17) is 9.15 Å². The maximum absolute atomic E-state index is 12.7. The zero-order chi connectivity index (χ0) is 16.6. The van der Waals surface area contributed by atoms with Gasteiger partial charge in [-0.25, -0.2) is 13.4 Å². The summed E-state index contributed by atoms with van der Waals surface area (Å²) in [4.78, 5) is 18.2. The average Bonchev–Trinajstić information content (AvgIpc) is 3.14. The van der Waals surface area contributed by atoms with Gasteiger partial charge in [-0.3, -0.25) is 9.89 Å². The first-order valence-electron chi connectivity index (χ1n) is 6.91. The molecular weight excluding hydrogens is 324 g/mol. The number of amides is 1. The third-order valence-electron chi connectivity index (χ3n) is 3.69. The Morgan fingerprint density at radius 2 is 2.26 bits per heavy atom. The summed E-state index contributed by atoms with van der Waals surface area (Å²) < 4.78 is 34.3. The number of sulfone groups is 1. The van der Waals surface area contributed by atoms with Gasteiger partial charge < -0.3 is 14.1 Å². The summed E-state index contributed by atoms with van der Waals surface area (Å²) in [7, 11) is -3.47. The number of hydrogen-bond donors (Lipinski definition) is 1. The number of aromatic nitrogens is 3. The van der Waals surface area contributed by atoms with Crippen molar-refractivity contribution < 1.29 is 22.4 Å². The molecular formula is C13H16N4O5S. The lowest BCUT2D eigenvalue weighted by Gasteiger charge is -2.34. The van der Waals surface area contributed by atoms with E-state index in [1.54, 1.807) is 6.92 Å². The van der Waals surface area contributed by atoms with E-state index in [0.717, 1.165) is 6.26 Å². The zero-order valence-corrected chi connectivity index (χ0v) is 13.5. The van der Waals surface area contributed by atoms with Crippen LogP contribution < -0.4 is 0 Å². The van der Waals surface area contributed by atoms with Crippen LogP contribution in [0.4, 0.5) is 0 Å². The Hall–Kier alpha value is -2.20. The van der Waals surface area contributed by atoms with Crippen molar-refractivity contribution in [3.8, 4) is 0 Å². The zero-order valence-electron chi connectivity index (χ0n) is 12.6. The first kappa shape index (κ1) is 15.7. The van der Waals surface area contributed by atoms with Crippen molar-refractivity contribution in [2.24, 2.45) is 0 Å².